The van der Waals surface area contributed by atoms with Gasteiger partial charge in [0, 0.05) is 49.5 Å². The summed E-state index contributed by atoms with van der Waals surface area (Å²) in [4.78, 5) is 80.4. The normalized spacial score (nSPS) is 12.4. The number of hydrogen-bond donors (Lipinski definition) is 10. The molecular formula is C69H123N13O8S. The molecular weight excluding hydrogens is 1170 g/mol. The highest BCUT2D eigenvalue weighted by atomic mass is 32.2. The largest absolute Gasteiger partial charge is 0.480 e. The third-order valence-electron chi connectivity index (χ3n) is 16.3. The number of imidazole rings is 1. The van der Waals surface area contributed by atoms with Gasteiger partial charge in [0.25, 0.3) is 6.01 Å². The summed E-state index contributed by atoms with van der Waals surface area (Å²) in [7, 11) is 0. The van der Waals surface area contributed by atoms with Crippen molar-refractivity contribution >= 4 is 70.0 Å². The first-order valence-corrected chi connectivity index (χ1v) is 36.8. The molecule has 0 bridgehead atoms. The molecule has 518 valence electrons. The maximum absolute atomic E-state index is 14.1. The molecule has 22 heteroatoms. The maximum Gasteiger partial charge on any atom is 0.306 e. The first-order chi connectivity index (χ1) is 44.4. The highest BCUT2D eigenvalue weighted by Gasteiger charge is 2.26. The van der Waals surface area contributed by atoms with Crippen LogP contribution in [0.25, 0.3) is 11.2 Å². The Balaban J connectivity index is 1.60. The van der Waals surface area contributed by atoms with Gasteiger partial charge in [-0.3, -0.25) is 28.5 Å². The number of nitrogens with zero attached hydrogens (tertiary/aromatic N) is 4. The van der Waals surface area contributed by atoms with Gasteiger partial charge < -0.3 is 63.7 Å². The van der Waals surface area contributed by atoms with E-state index in [2.05, 4.69) is 67.6 Å². The number of hydrogen-bond acceptors (Lipinski definition) is 18. The molecule has 1 unspecified atom stereocenters. The van der Waals surface area contributed by atoms with E-state index in [1.807, 2.05) is 0 Å². The van der Waals surface area contributed by atoms with Crippen LogP contribution in [-0.2, 0) is 40.0 Å². The molecule has 2 heterocycles. The monoisotopic (exact) mass is 1290 g/mol. The van der Waals surface area contributed by atoms with Crippen molar-refractivity contribution in [2.45, 2.75) is 277 Å². The highest BCUT2D eigenvalue weighted by Crippen LogP contribution is 2.26. The highest BCUT2D eigenvalue weighted by molar-refractivity contribution is 7.99. The zero-order valence-electron chi connectivity index (χ0n) is 56.5. The number of thioether (sulfide) groups is 1. The molecule has 2 aromatic heterocycles. The van der Waals surface area contributed by atoms with Gasteiger partial charge in [0.15, 0.2) is 17.0 Å². The van der Waals surface area contributed by atoms with E-state index < -0.39 is 30.0 Å². The molecule has 0 saturated heterocycles. The van der Waals surface area contributed by atoms with Gasteiger partial charge >= 0.3 is 11.9 Å². The number of unbranched alkanes of at least 4 members (excludes halogenated alkanes) is 26. The van der Waals surface area contributed by atoms with Crippen LogP contribution in [-0.4, -0.2) is 136 Å². The predicted octanol–water partition coefficient (Wildman–Crippen LogP) is 11.9. The quantitative estimate of drug-likeness (QED) is 0.0185. The first kappa shape index (κ1) is 79.9. The number of nitrogen functional groups attached to an aromatic ring is 1. The molecule has 0 spiro atoms. The lowest BCUT2D eigenvalue weighted by Gasteiger charge is -2.22. The molecule has 3 amide bonds. The summed E-state index contributed by atoms with van der Waals surface area (Å²) in [6.07, 6.45) is 36.7. The average Bonchev–Trinajstić information content (AvgIpc) is 1.81. The Hall–Kier alpha value is -5.29. The molecule has 0 radical (unpaired) electrons. The number of esters is 2. The van der Waals surface area contributed by atoms with Crippen LogP contribution in [0.1, 0.15) is 257 Å². The summed E-state index contributed by atoms with van der Waals surface area (Å²) >= 11 is 1.30. The van der Waals surface area contributed by atoms with Crippen molar-refractivity contribution in [1.82, 2.24) is 40.8 Å². The van der Waals surface area contributed by atoms with Crippen molar-refractivity contribution in [1.29, 1.82) is 0 Å². The van der Waals surface area contributed by atoms with Crippen molar-refractivity contribution in [3.05, 3.63) is 29.8 Å². The van der Waals surface area contributed by atoms with Crippen LogP contribution < -0.4 is 49.1 Å². The molecule has 0 aliphatic carbocycles. The van der Waals surface area contributed by atoms with E-state index in [1.54, 1.807) is 24.3 Å². The number of nitrogens with one attached hydrogen (secondary N) is 6. The van der Waals surface area contributed by atoms with E-state index in [9.17, 15) is 29.1 Å². The fraction of sp³-hybridized carbons (Fsp3) is 0.768. The van der Waals surface area contributed by atoms with Crippen LogP contribution in [0.5, 0.6) is 6.01 Å². The second-order valence-electron chi connectivity index (χ2n) is 24.6. The molecule has 0 fully saturated rings. The number of aromatic hydroxyl groups is 1. The number of benzene rings is 1. The van der Waals surface area contributed by atoms with Gasteiger partial charge in [0.2, 0.25) is 23.7 Å². The Morgan fingerprint density at radius 2 is 1.11 bits per heavy atom. The topological polar surface area (TPSA) is 318 Å². The molecule has 0 saturated carbocycles. The smallest absolute Gasteiger partial charge is 0.306 e. The maximum atomic E-state index is 14.1. The number of anilines is 3. The van der Waals surface area contributed by atoms with Crippen LogP contribution in [0, 0.1) is 0 Å². The number of carbonyl (C=O) groups excluding carboxylic acids is 5. The second-order valence-corrected chi connectivity index (χ2v) is 25.7. The Labute approximate surface area is 551 Å². The second kappa shape index (κ2) is 53.1. The minimum Gasteiger partial charge on any atom is -0.480 e. The van der Waals surface area contributed by atoms with E-state index in [1.165, 1.54) is 138 Å². The summed E-state index contributed by atoms with van der Waals surface area (Å²) in [5.74, 6) is -1.26. The Morgan fingerprint density at radius 3 is 1.67 bits per heavy atom. The summed E-state index contributed by atoms with van der Waals surface area (Å²) in [6, 6.07) is 4.48. The summed E-state index contributed by atoms with van der Waals surface area (Å²) < 4.78 is 13.2. The Kier molecular flexibility index (Phi) is 46.7. The molecule has 0 aliphatic rings. The lowest BCUT2D eigenvalue weighted by Crippen LogP contribution is -2.51. The van der Waals surface area contributed by atoms with Crippen LogP contribution in [0.3, 0.4) is 0 Å². The zero-order valence-corrected chi connectivity index (χ0v) is 57.3. The van der Waals surface area contributed by atoms with E-state index >= 15 is 0 Å². The molecule has 21 nitrogen and oxygen atoms in total. The zero-order chi connectivity index (χ0) is 65.8. The van der Waals surface area contributed by atoms with Crippen molar-refractivity contribution in [3.8, 4) is 6.01 Å². The van der Waals surface area contributed by atoms with Crippen LogP contribution in [0.15, 0.2) is 24.3 Å². The van der Waals surface area contributed by atoms with Crippen molar-refractivity contribution in [3.63, 3.8) is 0 Å². The fourth-order valence-electron chi connectivity index (χ4n) is 10.6. The molecule has 3 rings (SSSR count). The van der Waals surface area contributed by atoms with Crippen molar-refractivity contribution in [2.75, 3.05) is 80.3 Å². The number of nitrogens with two attached hydrogens (primary N) is 3. The summed E-state index contributed by atoms with van der Waals surface area (Å²) in [6.45, 7) is 12.0. The Bertz CT molecular complexity index is 2380. The van der Waals surface area contributed by atoms with Crippen LogP contribution >= 0.6 is 11.8 Å². The molecule has 13 N–H and O–H groups in total. The molecule has 1 aromatic carbocycles. The molecule has 3 aromatic rings. The van der Waals surface area contributed by atoms with Gasteiger partial charge in [0.05, 0.1) is 12.6 Å². The SMILES string of the molecule is CCCCCCCCCCCCCCCC(=O)OCC(CSC[C@H](N)C(=O)N[C@@H](CCC(=O)NCCCNCCCCNCCCN)C(=O)Nc1ccc(Cn2c(O)nc3c(N)nc(NCCCC)nc32)cc1)OC(=O)CCCCCCCCCCCCCCC. The van der Waals surface area contributed by atoms with Gasteiger partial charge in [0.1, 0.15) is 18.8 Å². The van der Waals surface area contributed by atoms with Crippen molar-refractivity contribution in [2.24, 2.45) is 11.5 Å². The van der Waals surface area contributed by atoms with Gasteiger partial charge in [-0.1, -0.05) is 193 Å². The number of aromatic nitrogens is 4. The van der Waals surface area contributed by atoms with Gasteiger partial charge in [-0.25, -0.2) is 0 Å². The minimum absolute atomic E-state index is 0.00582. The van der Waals surface area contributed by atoms with E-state index in [0.717, 1.165) is 109 Å². The van der Waals surface area contributed by atoms with E-state index in [0.29, 0.717) is 49.8 Å². The fourth-order valence-corrected chi connectivity index (χ4v) is 11.6. The predicted molar refractivity (Wildman–Crippen MR) is 373 cm³/mol. The number of fused-ring (bicyclic) bond motifs is 1. The Morgan fingerprint density at radius 1 is 0.582 bits per heavy atom. The number of amides is 3. The van der Waals surface area contributed by atoms with Gasteiger partial charge in [-0.15, -0.1) is 0 Å². The average molecular weight is 1290 g/mol. The van der Waals surface area contributed by atoms with Crippen LogP contribution in [0.4, 0.5) is 17.5 Å². The lowest BCUT2D eigenvalue weighted by molar-refractivity contribution is -0.157. The molecule has 91 heavy (non-hydrogen) atoms. The van der Waals surface area contributed by atoms with Gasteiger partial charge in [-0.05, 0) is 102 Å². The standard InChI is InChI=1S/C69H123N13O8S/c1-4-7-10-12-14-16-18-20-22-24-26-28-30-36-61(84)89-52-57(90-62(85)37-31-29-27-25-23-21-19-17-15-13-11-8-5-2)53-91-54-58(71)66(86)78-59(42-43-60(83)75-50-35-48-74-46-33-32-45-73-47-34-44-70)67(87)77-56-40-38-55(39-41-56)51-82-65-63(79-69(82)88)64(72)80-68(81-65)76-49-9-6-3/h38-41,57-59,73-74H,4-37,42-54,70-71H2,1-3H3,(H,75,83)(H,77,87)(H,78,86)(H,79,88)(H3,72,76,80,81)/t57?,58-,59-/m0/s1. The number of ether oxygens (including phenoxy) is 2. The van der Waals surface area contributed by atoms with Gasteiger partial charge in [-0.2, -0.15) is 26.7 Å². The molecule has 0 aliphatic heterocycles. The van der Waals surface area contributed by atoms with E-state index in [4.69, 9.17) is 26.7 Å². The third-order valence-corrected chi connectivity index (χ3v) is 17.5. The minimum atomic E-state index is -1.13. The van der Waals surface area contributed by atoms with Crippen molar-refractivity contribution < 1.29 is 38.6 Å². The summed E-state index contributed by atoms with van der Waals surface area (Å²) in [5, 5.41) is 29.5. The molecule has 3 atom stereocenters. The number of rotatable bonds is 60. The van der Waals surface area contributed by atoms with E-state index in [-0.39, 0.29) is 79.1 Å². The summed E-state index contributed by atoms with van der Waals surface area (Å²) in [5.41, 5.74) is 20.1. The first-order valence-electron chi connectivity index (χ1n) is 35.6. The number of carbonyl (C=O) groups is 5. The third kappa shape index (κ3) is 39.1. The van der Waals surface area contributed by atoms with Crippen LogP contribution in [0.2, 0.25) is 0 Å². The lowest BCUT2D eigenvalue weighted by atomic mass is 10.0.